The maximum Gasteiger partial charge on any atom is 0.256 e. The Morgan fingerprint density at radius 3 is 2.70 bits per heavy atom. The van der Waals surface area contributed by atoms with E-state index in [1.807, 2.05) is 31.2 Å². The first-order valence-electron chi connectivity index (χ1n) is 6.24. The van der Waals surface area contributed by atoms with Gasteiger partial charge in [-0.1, -0.05) is 29.3 Å². The molecular weight excluding hydrogens is 272 g/mol. The number of rotatable bonds is 1. The van der Waals surface area contributed by atoms with E-state index in [4.69, 9.17) is 17.3 Å². The summed E-state index contributed by atoms with van der Waals surface area (Å²) in [7, 11) is 0. The highest BCUT2D eigenvalue weighted by molar-refractivity contribution is 6.31. The highest BCUT2D eigenvalue weighted by Crippen LogP contribution is 2.28. The van der Waals surface area contributed by atoms with Crippen molar-refractivity contribution in [2.45, 2.75) is 6.92 Å². The Labute approximate surface area is 121 Å². The largest absolute Gasteiger partial charge is 0.398 e. The van der Waals surface area contributed by atoms with Gasteiger partial charge >= 0.3 is 0 Å². The van der Waals surface area contributed by atoms with Gasteiger partial charge in [-0.05, 0) is 42.6 Å². The standard InChI is InChI=1S/C16H13ClN2O/c1-9-2-3-10-7-15(19-16(20)12(10)6-9)13-8-11(17)4-5-14(13)18/h2-8H,18H2,1H3,(H,19,20). The van der Waals surface area contributed by atoms with E-state index in [1.54, 1.807) is 18.2 Å². The third-order valence-electron chi connectivity index (χ3n) is 3.31. The zero-order chi connectivity index (χ0) is 14.3. The Balaban J connectivity index is 2.30. The van der Waals surface area contributed by atoms with Crippen LogP contribution in [-0.2, 0) is 0 Å². The summed E-state index contributed by atoms with van der Waals surface area (Å²) in [4.78, 5) is 15.1. The molecule has 0 saturated heterocycles. The minimum atomic E-state index is -0.124. The second kappa shape index (κ2) is 4.69. The van der Waals surface area contributed by atoms with E-state index in [2.05, 4.69) is 4.98 Å². The molecule has 3 N–H and O–H groups in total. The lowest BCUT2D eigenvalue weighted by molar-refractivity contribution is 1.27. The van der Waals surface area contributed by atoms with Crippen LogP contribution in [0.4, 0.5) is 5.69 Å². The second-order valence-electron chi connectivity index (χ2n) is 4.83. The van der Waals surface area contributed by atoms with E-state index in [9.17, 15) is 4.79 Å². The Morgan fingerprint density at radius 2 is 1.90 bits per heavy atom. The van der Waals surface area contributed by atoms with Gasteiger partial charge in [0.15, 0.2) is 0 Å². The summed E-state index contributed by atoms with van der Waals surface area (Å²) >= 11 is 6.00. The number of hydrogen-bond acceptors (Lipinski definition) is 2. The van der Waals surface area contributed by atoms with Crippen molar-refractivity contribution in [2.75, 3.05) is 5.73 Å². The van der Waals surface area contributed by atoms with Gasteiger partial charge in [0.05, 0.1) is 5.69 Å². The molecule has 2 aromatic carbocycles. The molecule has 20 heavy (non-hydrogen) atoms. The zero-order valence-electron chi connectivity index (χ0n) is 10.9. The van der Waals surface area contributed by atoms with E-state index >= 15 is 0 Å². The van der Waals surface area contributed by atoms with E-state index < -0.39 is 0 Å². The van der Waals surface area contributed by atoms with Crippen molar-refractivity contribution in [3.8, 4) is 11.3 Å². The predicted molar refractivity (Wildman–Crippen MR) is 84.2 cm³/mol. The summed E-state index contributed by atoms with van der Waals surface area (Å²) in [6.45, 7) is 1.96. The number of fused-ring (bicyclic) bond motifs is 1. The van der Waals surface area contributed by atoms with Crippen LogP contribution in [0.15, 0.2) is 47.3 Å². The topological polar surface area (TPSA) is 58.9 Å². The average Bonchev–Trinajstić information content (AvgIpc) is 2.42. The summed E-state index contributed by atoms with van der Waals surface area (Å²) in [5.41, 5.74) is 8.87. The summed E-state index contributed by atoms with van der Waals surface area (Å²) < 4.78 is 0. The van der Waals surface area contributed by atoms with Gasteiger partial charge in [-0.3, -0.25) is 4.79 Å². The van der Waals surface area contributed by atoms with Gasteiger partial charge in [-0.2, -0.15) is 0 Å². The van der Waals surface area contributed by atoms with Crippen LogP contribution in [0.1, 0.15) is 5.56 Å². The van der Waals surface area contributed by atoms with Gasteiger partial charge in [0.1, 0.15) is 0 Å². The molecule has 4 heteroatoms. The number of aromatic amines is 1. The maximum absolute atomic E-state index is 12.2. The molecule has 0 aliphatic carbocycles. The molecule has 0 atom stereocenters. The molecular formula is C16H13ClN2O. The molecule has 0 aliphatic rings. The normalized spacial score (nSPS) is 10.9. The molecule has 0 aliphatic heterocycles. The SMILES string of the molecule is Cc1ccc2cc(-c3cc(Cl)ccc3N)[nH]c(=O)c2c1. The number of H-pyrrole nitrogens is 1. The van der Waals surface area contributed by atoms with Crippen LogP contribution in [0, 0.1) is 6.92 Å². The van der Waals surface area contributed by atoms with Crippen molar-refractivity contribution in [1.29, 1.82) is 0 Å². The number of benzene rings is 2. The molecule has 3 rings (SSSR count). The van der Waals surface area contributed by atoms with Crippen molar-refractivity contribution in [1.82, 2.24) is 4.98 Å². The first-order chi connectivity index (χ1) is 9.54. The zero-order valence-corrected chi connectivity index (χ0v) is 11.7. The third-order valence-corrected chi connectivity index (χ3v) is 3.54. The number of pyridine rings is 1. The Morgan fingerprint density at radius 1 is 1.10 bits per heavy atom. The van der Waals surface area contributed by atoms with Crippen LogP contribution in [0.2, 0.25) is 5.02 Å². The van der Waals surface area contributed by atoms with Gasteiger partial charge in [0, 0.05) is 21.7 Å². The fourth-order valence-electron chi connectivity index (χ4n) is 2.28. The van der Waals surface area contributed by atoms with Crippen molar-refractivity contribution < 1.29 is 0 Å². The molecule has 0 unspecified atom stereocenters. The number of nitrogen functional groups attached to an aromatic ring is 1. The average molecular weight is 285 g/mol. The van der Waals surface area contributed by atoms with Crippen molar-refractivity contribution in [3.63, 3.8) is 0 Å². The number of halogens is 1. The minimum absolute atomic E-state index is 0.124. The van der Waals surface area contributed by atoms with Crippen LogP contribution in [0.25, 0.3) is 22.0 Å². The van der Waals surface area contributed by atoms with Gasteiger partial charge in [0.25, 0.3) is 5.56 Å². The molecule has 0 bridgehead atoms. The quantitative estimate of drug-likeness (QED) is 0.669. The van der Waals surface area contributed by atoms with Crippen LogP contribution in [0.3, 0.4) is 0 Å². The smallest absolute Gasteiger partial charge is 0.256 e. The van der Waals surface area contributed by atoms with E-state index in [1.165, 1.54) is 0 Å². The lowest BCUT2D eigenvalue weighted by atomic mass is 10.0. The van der Waals surface area contributed by atoms with Gasteiger partial charge < -0.3 is 10.7 Å². The number of aryl methyl sites for hydroxylation is 1. The molecule has 0 radical (unpaired) electrons. The predicted octanol–water partition coefficient (Wildman–Crippen LogP) is 3.74. The molecule has 0 fully saturated rings. The number of hydrogen-bond donors (Lipinski definition) is 2. The van der Waals surface area contributed by atoms with Gasteiger partial charge in [-0.25, -0.2) is 0 Å². The second-order valence-corrected chi connectivity index (χ2v) is 5.27. The Hall–Kier alpha value is -2.26. The highest BCUT2D eigenvalue weighted by Gasteiger charge is 2.08. The molecule has 0 amide bonds. The maximum atomic E-state index is 12.2. The number of anilines is 1. The van der Waals surface area contributed by atoms with Gasteiger partial charge in [-0.15, -0.1) is 0 Å². The molecule has 0 saturated carbocycles. The lowest BCUT2D eigenvalue weighted by Crippen LogP contribution is -2.08. The fourth-order valence-corrected chi connectivity index (χ4v) is 2.45. The van der Waals surface area contributed by atoms with Crippen molar-refractivity contribution >= 4 is 28.1 Å². The molecule has 1 heterocycles. The Kier molecular flexibility index (Phi) is 2.99. The van der Waals surface area contributed by atoms with Crippen molar-refractivity contribution in [2.24, 2.45) is 0 Å². The molecule has 3 nitrogen and oxygen atoms in total. The summed E-state index contributed by atoms with van der Waals surface area (Å²) in [5.74, 6) is 0. The fraction of sp³-hybridized carbons (Fsp3) is 0.0625. The van der Waals surface area contributed by atoms with E-state index in [0.29, 0.717) is 21.8 Å². The van der Waals surface area contributed by atoms with E-state index in [0.717, 1.165) is 16.5 Å². The molecule has 3 aromatic rings. The van der Waals surface area contributed by atoms with Crippen molar-refractivity contribution in [3.05, 3.63) is 63.4 Å². The van der Waals surface area contributed by atoms with E-state index in [-0.39, 0.29) is 5.56 Å². The first kappa shape index (κ1) is 12.8. The summed E-state index contributed by atoms with van der Waals surface area (Å²) in [6, 6.07) is 12.9. The minimum Gasteiger partial charge on any atom is -0.398 e. The number of nitrogens with two attached hydrogens (primary N) is 1. The third kappa shape index (κ3) is 2.17. The monoisotopic (exact) mass is 284 g/mol. The van der Waals surface area contributed by atoms with Crippen LogP contribution < -0.4 is 11.3 Å². The molecule has 100 valence electrons. The van der Waals surface area contributed by atoms with Crippen LogP contribution in [-0.4, -0.2) is 4.98 Å². The number of nitrogens with one attached hydrogen (secondary N) is 1. The molecule has 1 aromatic heterocycles. The first-order valence-corrected chi connectivity index (χ1v) is 6.61. The summed E-state index contributed by atoms with van der Waals surface area (Å²) in [6.07, 6.45) is 0. The number of aromatic nitrogens is 1. The molecule has 0 spiro atoms. The highest BCUT2D eigenvalue weighted by atomic mass is 35.5. The Bertz CT molecular complexity index is 868. The van der Waals surface area contributed by atoms with Gasteiger partial charge in [0.2, 0.25) is 0 Å². The van der Waals surface area contributed by atoms with Crippen LogP contribution >= 0.6 is 11.6 Å². The lowest BCUT2D eigenvalue weighted by Gasteiger charge is -2.08. The summed E-state index contributed by atoms with van der Waals surface area (Å²) in [5, 5.41) is 2.14. The van der Waals surface area contributed by atoms with Crippen LogP contribution in [0.5, 0.6) is 0 Å².